The summed E-state index contributed by atoms with van der Waals surface area (Å²) in [7, 11) is 6.02. The van der Waals surface area contributed by atoms with Crippen molar-refractivity contribution >= 4 is 11.9 Å². The molecule has 1 fully saturated rings. The quantitative estimate of drug-likeness (QED) is 0.716. The van der Waals surface area contributed by atoms with Crippen LogP contribution in [-0.4, -0.2) is 80.5 Å². The Labute approximate surface area is 185 Å². The van der Waals surface area contributed by atoms with Gasteiger partial charge in [0, 0.05) is 44.8 Å². The highest BCUT2D eigenvalue weighted by atomic mass is 16.2. The monoisotopic (exact) mass is 423 g/mol. The molecule has 7 nitrogen and oxygen atoms in total. The smallest absolute Gasteiger partial charge is 0.318 e. The molecule has 166 valence electrons. The SMILES string of the molecule is CN(C)CCNC(=O)c1cccc(CNC(=O)N2CCN(C)CC2c2ccccc2)c1. The van der Waals surface area contributed by atoms with Gasteiger partial charge in [0.2, 0.25) is 0 Å². The average Bonchev–Trinajstić information content (AvgIpc) is 2.78. The Hall–Kier alpha value is -2.90. The largest absolute Gasteiger partial charge is 0.351 e. The van der Waals surface area contributed by atoms with Gasteiger partial charge in [0.05, 0.1) is 6.04 Å². The third-order valence-electron chi connectivity index (χ3n) is 5.51. The molecule has 1 unspecified atom stereocenters. The average molecular weight is 424 g/mol. The molecular weight excluding hydrogens is 390 g/mol. The van der Waals surface area contributed by atoms with Crippen LogP contribution in [0.3, 0.4) is 0 Å². The van der Waals surface area contributed by atoms with Crippen LogP contribution in [0.25, 0.3) is 0 Å². The van der Waals surface area contributed by atoms with Crippen LogP contribution in [0.5, 0.6) is 0 Å². The van der Waals surface area contributed by atoms with Gasteiger partial charge >= 0.3 is 6.03 Å². The predicted octanol–water partition coefficient (Wildman–Crippen LogP) is 2.18. The fraction of sp³-hybridized carbons (Fsp3) is 0.417. The minimum atomic E-state index is -0.0989. The number of rotatable bonds is 7. The number of likely N-dealkylation sites (N-methyl/N-ethyl adjacent to an activating group) is 2. The Morgan fingerprint density at radius 1 is 1.03 bits per heavy atom. The first kappa shape index (κ1) is 22.8. The first-order chi connectivity index (χ1) is 14.9. The van der Waals surface area contributed by atoms with Crippen LogP contribution in [-0.2, 0) is 6.54 Å². The number of urea groups is 1. The molecule has 3 rings (SSSR count). The summed E-state index contributed by atoms with van der Waals surface area (Å²) in [6, 6.07) is 17.5. The van der Waals surface area contributed by atoms with E-state index in [-0.39, 0.29) is 18.0 Å². The van der Waals surface area contributed by atoms with Crippen molar-refractivity contribution < 1.29 is 9.59 Å². The number of carbonyl (C=O) groups excluding carboxylic acids is 2. The molecule has 2 aromatic carbocycles. The van der Waals surface area contributed by atoms with Crippen LogP contribution in [0.15, 0.2) is 54.6 Å². The minimum Gasteiger partial charge on any atom is -0.351 e. The van der Waals surface area contributed by atoms with E-state index in [1.54, 1.807) is 6.07 Å². The zero-order valence-electron chi connectivity index (χ0n) is 18.7. The van der Waals surface area contributed by atoms with Gasteiger partial charge in [-0.05, 0) is 44.4 Å². The van der Waals surface area contributed by atoms with Gasteiger partial charge in [0.1, 0.15) is 0 Å². The van der Waals surface area contributed by atoms with E-state index in [0.29, 0.717) is 25.2 Å². The molecule has 2 aromatic rings. The lowest BCUT2D eigenvalue weighted by Gasteiger charge is -2.40. The summed E-state index contributed by atoms with van der Waals surface area (Å²) in [5.74, 6) is -0.0989. The highest BCUT2D eigenvalue weighted by Gasteiger charge is 2.30. The summed E-state index contributed by atoms with van der Waals surface area (Å²) in [6.07, 6.45) is 0. The fourth-order valence-corrected chi connectivity index (χ4v) is 3.72. The normalized spacial score (nSPS) is 16.9. The second kappa shape index (κ2) is 10.9. The number of hydrogen-bond acceptors (Lipinski definition) is 4. The van der Waals surface area contributed by atoms with E-state index in [2.05, 4.69) is 34.7 Å². The highest BCUT2D eigenvalue weighted by Crippen LogP contribution is 2.24. The second-order valence-corrected chi connectivity index (χ2v) is 8.30. The number of nitrogens with one attached hydrogen (secondary N) is 2. The third-order valence-corrected chi connectivity index (χ3v) is 5.51. The zero-order chi connectivity index (χ0) is 22.2. The maximum Gasteiger partial charge on any atom is 0.318 e. The van der Waals surface area contributed by atoms with Crippen LogP contribution in [0.2, 0.25) is 0 Å². The molecule has 0 aliphatic carbocycles. The third kappa shape index (κ3) is 6.54. The van der Waals surface area contributed by atoms with Crippen LogP contribution >= 0.6 is 0 Å². The molecule has 3 amide bonds. The van der Waals surface area contributed by atoms with Crippen molar-refractivity contribution in [2.45, 2.75) is 12.6 Å². The van der Waals surface area contributed by atoms with E-state index < -0.39 is 0 Å². The van der Waals surface area contributed by atoms with Crippen molar-refractivity contribution in [1.82, 2.24) is 25.3 Å². The topological polar surface area (TPSA) is 67.9 Å². The van der Waals surface area contributed by atoms with Gasteiger partial charge in [-0.25, -0.2) is 4.79 Å². The van der Waals surface area contributed by atoms with Gasteiger partial charge in [-0.1, -0.05) is 42.5 Å². The number of benzene rings is 2. The second-order valence-electron chi connectivity index (χ2n) is 8.30. The molecular formula is C24H33N5O2. The molecule has 1 aliphatic heterocycles. The molecule has 0 radical (unpaired) electrons. The number of hydrogen-bond donors (Lipinski definition) is 2. The zero-order valence-corrected chi connectivity index (χ0v) is 18.7. The Bertz CT molecular complexity index is 871. The lowest BCUT2D eigenvalue weighted by molar-refractivity contribution is 0.0951. The van der Waals surface area contributed by atoms with Crippen molar-refractivity contribution in [2.75, 3.05) is 53.9 Å². The summed E-state index contributed by atoms with van der Waals surface area (Å²) in [4.78, 5) is 31.5. The molecule has 0 spiro atoms. The fourth-order valence-electron chi connectivity index (χ4n) is 3.72. The van der Waals surface area contributed by atoms with Crippen molar-refractivity contribution in [3.05, 3.63) is 71.3 Å². The van der Waals surface area contributed by atoms with Gasteiger partial charge in [0.25, 0.3) is 5.91 Å². The Morgan fingerprint density at radius 2 is 1.81 bits per heavy atom. The number of amides is 3. The number of nitrogens with zero attached hydrogens (tertiary/aromatic N) is 3. The standard InChI is InChI=1S/C24H33N5O2/c1-27(2)13-12-25-23(30)21-11-7-8-19(16-21)17-26-24(31)29-15-14-28(3)18-22(29)20-9-5-4-6-10-20/h4-11,16,22H,12-15,17-18H2,1-3H3,(H,25,30)(H,26,31). The maximum atomic E-state index is 13.0. The maximum absolute atomic E-state index is 13.0. The highest BCUT2D eigenvalue weighted by molar-refractivity contribution is 5.94. The minimum absolute atomic E-state index is 0.0220. The molecule has 1 saturated heterocycles. The van der Waals surface area contributed by atoms with Gasteiger partial charge in [-0.3, -0.25) is 4.79 Å². The van der Waals surface area contributed by atoms with Gasteiger partial charge in [-0.15, -0.1) is 0 Å². The van der Waals surface area contributed by atoms with E-state index >= 15 is 0 Å². The summed E-state index contributed by atoms with van der Waals surface area (Å²) >= 11 is 0. The van der Waals surface area contributed by atoms with Crippen LogP contribution in [0.4, 0.5) is 4.79 Å². The van der Waals surface area contributed by atoms with Crippen molar-refractivity contribution in [1.29, 1.82) is 0 Å². The molecule has 0 saturated carbocycles. The van der Waals surface area contributed by atoms with Crippen molar-refractivity contribution in [2.24, 2.45) is 0 Å². The lowest BCUT2D eigenvalue weighted by atomic mass is 10.0. The van der Waals surface area contributed by atoms with Gasteiger partial charge in [-0.2, -0.15) is 0 Å². The Balaban J connectivity index is 1.60. The van der Waals surface area contributed by atoms with Crippen LogP contribution in [0, 0.1) is 0 Å². The van der Waals surface area contributed by atoms with Crippen LogP contribution < -0.4 is 10.6 Å². The van der Waals surface area contributed by atoms with Crippen molar-refractivity contribution in [3.8, 4) is 0 Å². The summed E-state index contributed by atoms with van der Waals surface area (Å²) in [5.41, 5.74) is 2.65. The first-order valence-corrected chi connectivity index (χ1v) is 10.7. The van der Waals surface area contributed by atoms with Crippen molar-refractivity contribution in [3.63, 3.8) is 0 Å². The summed E-state index contributed by atoms with van der Waals surface area (Å²) in [6.45, 7) is 4.09. The van der Waals surface area contributed by atoms with E-state index in [9.17, 15) is 9.59 Å². The molecule has 2 N–H and O–H groups in total. The van der Waals surface area contributed by atoms with E-state index in [4.69, 9.17) is 0 Å². The lowest BCUT2D eigenvalue weighted by Crippen LogP contribution is -2.52. The molecule has 0 bridgehead atoms. The first-order valence-electron chi connectivity index (χ1n) is 10.7. The van der Waals surface area contributed by atoms with Crippen LogP contribution in [0.1, 0.15) is 27.5 Å². The molecule has 1 heterocycles. The summed E-state index contributed by atoms with van der Waals surface area (Å²) in [5, 5.41) is 5.96. The van der Waals surface area contributed by atoms with E-state index in [1.807, 2.05) is 60.3 Å². The summed E-state index contributed by atoms with van der Waals surface area (Å²) < 4.78 is 0. The molecule has 0 aromatic heterocycles. The van der Waals surface area contributed by atoms with E-state index in [0.717, 1.165) is 30.8 Å². The van der Waals surface area contributed by atoms with Gasteiger partial charge in [0.15, 0.2) is 0 Å². The predicted molar refractivity (Wildman–Crippen MR) is 123 cm³/mol. The Morgan fingerprint density at radius 3 is 2.55 bits per heavy atom. The molecule has 7 heteroatoms. The Kier molecular flexibility index (Phi) is 8.03. The number of carbonyl (C=O) groups is 2. The molecule has 1 aliphatic rings. The van der Waals surface area contributed by atoms with E-state index in [1.165, 1.54) is 0 Å². The molecule has 1 atom stereocenters. The number of piperazine rings is 1. The van der Waals surface area contributed by atoms with Gasteiger partial charge < -0.3 is 25.3 Å². The molecule has 31 heavy (non-hydrogen) atoms.